The van der Waals surface area contributed by atoms with E-state index in [0.29, 0.717) is 5.84 Å². The molecule has 1 aliphatic rings. The van der Waals surface area contributed by atoms with E-state index in [9.17, 15) is 8.78 Å². The molecule has 0 radical (unpaired) electrons. The van der Waals surface area contributed by atoms with Gasteiger partial charge >= 0.3 is 0 Å². The number of hydrogen-bond donors (Lipinski definition) is 1. The number of hydrogen-bond acceptors (Lipinski definition) is 3. The zero-order chi connectivity index (χ0) is 14.1. The molecule has 1 aliphatic heterocycles. The molecule has 2 aromatic rings. The van der Waals surface area contributed by atoms with Gasteiger partial charge in [-0.25, -0.2) is 24.1 Å². The summed E-state index contributed by atoms with van der Waals surface area (Å²) < 4.78 is 26.6. The molecule has 0 fully saturated rings. The molecular weight excluding hydrogens is 262 g/mol. The normalized spacial score (nSPS) is 17.8. The second-order valence-corrected chi connectivity index (χ2v) is 4.53. The quantitative estimate of drug-likeness (QED) is 0.912. The second-order valence-electron chi connectivity index (χ2n) is 4.53. The van der Waals surface area contributed by atoms with Gasteiger partial charge in [-0.1, -0.05) is 24.3 Å². The summed E-state index contributed by atoms with van der Waals surface area (Å²) in [6, 6.07) is 11.0. The Hall–Kier alpha value is -2.27. The third-order valence-corrected chi connectivity index (χ3v) is 3.14. The largest absolute Gasteiger partial charge is 0.246 e. The molecule has 3 nitrogen and oxygen atoms in total. The van der Waals surface area contributed by atoms with Gasteiger partial charge in [-0.3, -0.25) is 0 Å². The number of nitrogens with one attached hydrogen (secondary N) is 1. The van der Waals surface area contributed by atoms with Gasteiger partial charge < -0.3 is 0 Å². The van der Waals surface area contributed by atoms with Gasteiger partial charge in [0.1, 0.15) is 11.6 Å². The van der Waals surface area contributed by atoms with Crippen LogP contribution in [0.2, 0.25) is 0 Å². The Bertz CT molecular complexity index is 685. The molecule has 1 N–H and O–H groups in total. The smallest absolute Gasteiger partial charge is 0.205 e. The standard InChI is InChI=1S/C15H12F2N2O/c1-9-4-2-3-5-11(9)14-18-15(20-19-14)12-7-6-10(16)8-13(12)17/h2-8,15H,1H3,(H,18,19). The molecule has 0 saturated carbocycles. The average molecular weight is 274 g/mol. The minimum absolute atomic E-state index is 0.197. The van der Waals surface area contributed by atoms with E-state index in [1.54, 1.807) is 0 Å². The molecule has 1 unspecified atom stereocenters. The van der Waals surface area contributed by atoms with Crippen LogP contribution in [-0.4, -0.2) is 5.84 Å². The monoisotopic (exact) mass is 274 g/mol. The summed E-state index contributed by atoms with van der Waals surface area (Å²) >= 11 is 0. The lowest BCUT2D eigenvalue weighted by molar-refractivity contribution is 0.0355. The average Bonchev–Trinajstić information content (AvgIpc) is 2.88. The molecule has 0 aromatic heterocycles. The van der Waals surface area contributed by atoms with Crippen molar-refractivity contribution in [2.24, 2.45) is 4.99 Å². The fraction of sp³-hybridized carbons (Fsp3) is 0.133. The van der Waals surface area contributed by atoms with Crippen molar-refractivity contribution in [3.8, 4) is 0 Å². The molecule has 0 aliphatic carbocycles. The molecule has 0 spiro atoms. The number of benzene rings is 2. The number of amidine groups is 1. The van der Waals surface area contributed by atoms with E-state index in [0.717, 1.165) is 17.2 Å². The summed E-state index contributed by atoms with van der Waals surface area (Å²) in [6.45, 7) is 1.95. The van der Waals surface area contributed by atoms with Crippen LogP contribution in [-0.2, 0) is 4.84 Å². The lowest BCUT2D eigenvalue weighted by Gasteiger charge is -2.07. The molecule has 5 heteroatoms. The molecule has 20 heavy (non-hydrogen) atoms. The Balaban J connectivity index is 1.94. The van der Waals surface area contributed by atoms with Crippen LogP contribution in [0.5, 0.6) is 0 Å². The number of aliphatic imine (C=N–C) groups is 1. The Morgan fingerprint density at radius 3 is 2.70 bits per heavy atom. The van der Waals surface area contributed by atoms with E-state index in [4.69, 9.17) is 4.84 Å². The van der Waals surface area contributed by atoms with Crippen molar-refractivity contribution >= 4 is 5.84 Å². The van der Waals surface area contributed by atoms with Crippen molar-refractivity contribution in [3.63, 3.8) is 0 Å². The summed E-state index contributed by atoms with van der Waals surface area (Å²) in [4.78, 5) is 9.57. The van der Waals surface area contributed by atoms with Gasteiger partial charge in [0.25, 0.3) is 0 Å². The van der Waals surface area contributed by atoms with Gasteiger partial charge in [0.15, 0.2) is 5.84 Å². The van der Waals surface area contributed by atoms with Crippen LogP contribution in [0.25, 0.3) is 0 Å². The van der Waals surface area contributed by atoms with Gasteiger partial charge in [0.2, 0.25) is 6.23 Å². The SMILES string of the molecule is Cc1ccccc1C1=NC(c2ccc(F)cc2F)ON1. The maximum Gasteiger partial charge on any atom is 0.205 e. The predicted molar refractivity (Wildman–Crippen MR) is 71.0 cm³/mol. The predicted octanol–water partition coefficient (Wildman–Crippen LogP) is 3.25. The first kappa shape index (κ1) is 12.7. The van der Waals surface area contributed by atoms with Crippen LogP contribution >= 0.6 is 0 Å². The molecule has 0 bridgehead atoms. The third kappa shape index (κ3) is 2.28. The zero-order valence-corrected chi connectivity index (χ0v) is 10.7. The maximum atomic E-state index is 13.7. The lowest BCUT2D eigenvalue weighted by atomic mass is 10.1. The van der Waals surface area contributed by atoms with E-state index in [1.807, 2.05) is 31.2 Å². The van der Waals surface area contributed by atoms with Crippen LogP contribution in [0.1, 0.15) is 22.9 Å². The molecule has 3 rings (SSSR count). The first-order valence-corrected chi connectivity index (χ1v) is 6.15. The van der Waals surface area contributed by atoms with Gasteiger partial charge in [-0.15, -0.1) is 0 Å². The summed E-state index contributed by atoms with van der Waals surface area (Å²) in [6.07, 6.45) is -0.815. The van der Waals surface area contributed by atoms with Gasteiger partial charge in [-0.05, 0) is 24.6 Å². The van der Waals surface area contributed by atoms with Gasteiger partial charge in [0.05, 0.1) is 0 Å². The summed E-state index contributed by atoms with van der Waals surface area (Å²) in [5.41, 5.74) is 4.81. The van der Waals surface area contributed by atoms with Crippen molar-refractivity contribution < 1.29 is 13.6 Å². The molecule has 102 valence electrons. The Kier molecular flexibility index (Phi) is 3.20. The first-order valence-electron chi connectivity index (χ1n) is 6.15. The molecule has 1 atom stereocenters. The summed E-state index contributed by atoms with van der Waals surface area (Å²) in [5.74, 6) is -0.760. The lowest BCUT2D eigenvalue weighted by Crippen LogP contribution is -2.19. The van der Waals surface area contributed by atoms with Crippen LogP contribution in [0.4, 0.5) is 8.78 Å². The van der Waals surface area contributed by atoms with Crippen molar-refractivity contribution in [1.29, 1.82) is 0 Å². The summed E-state index contributed by atoms with van der Waals surface area (Å²) in [5, 5.41) is 0. The van der Waals surface area contributed by atoms with E-state index in [-0.39, 0.29) is 5.56 Å². The van der Waals surface area contributed by atoms with E-state index in [1.165, 1.54) is 12.1 Å². The van der Waals surface area contributed by atoms with Crippen molar-refractivity contribution in [2.75, 3.05) is 0 Å². The molecule has 0 amide bonds. The third-order valence-electron chi connectivity index (χ3n) is 3.14. The Morgan fingerprint density at radius 1 is 1.15 bits per heavy atom. The minimum Gasteiger partial charge on any atom is -0.246 e. The number of halogens is 2. The van der Waals surface area contributed by atoms with Crippen LogP contribution in [0.3, 0.4) is 0 Å². The number of nitrogens with zero attached hydrogens (tertiary/aromatic N) is 1. The number of hydroxylamine groups is 1. The van der Waals surface area contributed by atoms with E-state index in [2.05, 4.69) is 10.5 Å². The topological polar surface area (TPSA) is 33.6 Å². The van der Waals surface area contributed by atoms with E-state index >= 15 is 0 Å². The Morgan fingerprint density at radius 2 is 1.95 bits per heavy atom. The molecule has 1 heterocycles. The van der Waals surface area contributed by atoms with Crippen molar-refractivity contribution in [2.45, 2.75) is 13.2 Å². The maximum absolute atomic E-state index is 13.7. The van der Waals surface area contributed by atoms with Crippen molar-refractivity contribution in [1.82, 2.24) is 5.48 Å². The second kappa shape index (κ2) is 5.02. The molecular formula is C15H12F2N2O. The molecule has 2 aromatic carbocycles. The van der Waals surface area contributed by atoms with Crippen LogP contribution in [0.15, 0.2) is 47.5 Å². The Labute approximate surface area is 114 Å². The van der Waals surface area contributed by atoms with Crippen LogP contribution < -0.4 is 5.48 Å². The first-order chi connectivity index (χ1) is 9.65. The fourth-order valence-electron chi connectivity index (χ4n) is 2.08. The zero-order valence-electron chi connectivity index (χ0n) is 10.7. The van der Waals surface area contributed by atoms with Gasteiger partial charge in [-0.2, -0.15) is 0 Å². The number of aryl methyl sites for hydroxylation is 1. The highest BCUT2D eigenvalue weighted by molar-refractivity contribution is 6.00. The minimum atomic E-state index is -0.815. The van der Waals surface area contributed by atoms with Crippen LogP contribution in [0, 0.1) is 18.6 Å². The highest BCUT2D eigenvalue weighted by Gasteiger charge is 2.24. The van der Waals surface area contributed by atoms with Gasteiger partial charge in [0, 0.05) is 17.2 Å². The van der Waals surface area contributed by atoms with E-state index < -0.39 is 17.9 Å². The molecule has 0 saturated heterocycles. The van der Waals surface area contributed by atoms with Crippen molar-refractivity contribution in [3.05, 3.63) is 70.8 Å². The number of rotatable bonds is 2. The summed E-state index contributed by atoms with van der Waals surface area (Å²) in [7, 11) is 0. The highest BCUT2D eigenvalue weighted by atomic mass is 19.1. The highest BCUT2D eigenvalue weighted by Crippen LogP contribution is 2.26. The fourth-order valence-corrected chi connectivity index (χ4v) is 2.08.